The van der Waals surface area contributed by atoms with Crippen molar-refractivity contribution < 1.29 is 14.6 Å². The number of hydrogen-bond acceptors (Lipinski definition) is 4. The molecule has 16 heavy (non-hydrogen) atoms. The summed E-state index contributed by atoms with van der Waals surface area (Å²) >= 11 is 4.15. The molecule has 0 aliphatic carbocycles. The van der Waals surface area contributed by atoms with E-state index < -0.39 is 5.97 Å². The van der Waals surface area contributed by atoms with Crippen LogP contribution in [-0.4, -0.2) is 30.5 Å². The van der Waals surface area contributed by atoms with Crippen molar-refractivity contribution in [2.45, 2.75) is 6.42 Å². The van der Waals surface area contributed by atoms with E-state index in [1.165, 1.54) is 5.56 Å². The van der Waals surface area contributed by atoms with E-state index in [1.807, 2.05) is 12.1 Å². The highest BCUT2D eigenvalue weighted by Crippen LogP contribution is 2.11. The van der Waals surface area contributed by atoms with Crippen LogP contribution in [0.4, 0.5) is 0 Å². The van der Waals surface area contributed by atoms with Gasteiger partial charge in [0.25, 0.3) is 0 Å². The minimum Gasteiger partial charge on any atom is -0.497 e. The standard InChI is InChI=1S/C9H12OS.C2H5NO2/c1-10-9-4-2-8(3-5-9)6-7-11;3-1-2(4)5/h2-5,11H,6-7H2,1H3;1,3H2,(H,4,5). The number of carboxylic acids is 1. The highest BCUT2D eigenvalue weighted by molar-refractivity contribution is 7.80. The van der Waals surface area contributed by atoms with Gasteiger partial charge < -0.3 is 15.6 Å². The lowest BCUT2D eigenvalue weighted by molar-refractivity contribution is -0.135. The zero-order chi connectivity index (χ0) is 12.4. The summed E-state index contributed by atoms with van der Waals surface area (Å²) in [7, 11) is 1.67. The van der Waals surface area contributed by atoms with Gasteiger partial charge >= 0.3 is 5.97 Å². The van der Waals surface area contributed by atoms with E-state index in [1.54, 1.807) is 7.11 Å². The first-order chi connectivity index (χ1) is 7.63. The number of aliphatic carboxylic acids is 1. The number of aryl methyl sites for hydroxylation is 1. The molecule has 0 aromatic heterocycles. The van der Waals surface area contributed by atoms with Gasteiger partial charge in [-0.25, -0.2) is 0 Å². The zero-order valence-electron chi connectivity index (χ0n) is 9.22. The summed E-state index contributed by atoms with van der Waals surface area (Å²) < 4.78 is 5.03. The molecule has 0 atom stereocenters. The molecule has 0 spiro atoms. The lowest BCUT2D eigenvalue weighted by Crippen LogP contribution is -2.10. The van der Waals surface area contributed by atoms with Crippen molar-refractivity contribution in [3.8, 4) is 5.75 Å². The number of nitrogens with two attached hydrogens (primary N) is 1. The number of methoxy groups -OCH3 is 1. The molecule has 0 saturated carbocycles. The zero-order valence-corrected chi connectivity index (χ0v) is 10.1. The summed E-state index contributed by atoms with van der Waals surface area (Å²) in [5.41, 5.74) is 5.88. The molecule has 0 aliphatic rings. The number of rotatable bonds is 4. The largest absolute Gasteiger partial charge is 0.497 e. The predicted octanol–water partition coefficient (Wildman–Crippen LogP) is 1.20. The molecule has 4 nitrogen and oxygen atoms in total. The fraction of sp³-hybridized carbons (Fsp3) is 0.364. The van der Waals surface area contributed by atoms with Crippen LogP contribution in [0.15, 0.2) is 24.3 Å². The first kappa shape index (κ1) is 14.8. The molecule has 0 bridgehead atoms. The molecule has 1 rings (SSSR count). The number of carboxylic acid groups (broad SMARTS) is 1. The van der Waals surface area contributed by atoms with Gasteiger partial charge in [-0.2, -0.15) is 12.6 Å². The number of carbonyl (C=O) groups is 1. The Morgan fingerprint density at radius 1 is 1.44 bits per heavy atom. The number of benzene rings is 1. The third kappa shape index (κ3) is 7.14. The smallest absolute Gasteiger partial charge is 0.317 e. The van der Waals surface area contributed by atoms with Crippen molar-refractivity contribution in [1.82, 2.24) is 0 Å². The van der Waals surface area contributed by atoms with Crippen LogP contribution < -0.4 is 10.5 Å². The first-order valence-electron chi connectivity index (χ1n) is 4.79. The second-order valence-corrected chi connectivity index (χ2v) is 3.37. The molecule has 0 fully saturated rings. The third-order valence-electron chi connectivity index (χ3n) is 1.73. The summed E-state index contributed by atoms with van der Waals surface area (Å²) in [6.45, 7) is -0.278. The van der Waals surface area contributed by atoms with Gasteiger partial charge in [-0.15, -0.1) is 0 Å². The molecule has 1 aromatic rings. The van der Waals surface area contributed by atoms with Gasteiger partial charge in [0.05, 0.1) is 13.7 Å². The first-order valence-corrected chi connectivity index (χ1v) is 5.43. The van der Waals surface area contributed by atoms with Crippen LogP contribution in [-0.2, 0) is 11.2 Å². The highest BCUT2D eigenvalue weighted by atomic mass is 32.1. The van der Waals surface area contributed by atoms with Crippen molar-refractivity contribution in [3.05, 3.63) is 29.8 Å². The maximum Gasteiger partial charge on any atom is 0.317 e. The fourth-order valence-electron chi connectivity index (χ4n) is 0.921. The molecule has 1 aromatic carbocycles. The number of ether oxygens (including phenoxy) is 1. The van der Waals surface area contributed by atoms with E-state index in [4.69, 9.17) is 9.84 Å². The summed E-state index contributed by atoms with van der Waals surface area (Å²) in [5, 5.41) is 7.60. The van der Waals surface area contributed by atoms with Gasteiger partial charge in [-0.05, 0) is 29.9 Å². The van der Waals surface area contributed by atoms with Crippen molar-refractivity contribution in [3.63, 3.8) is 0 Å². The van der Waals surface area contributed by atoms with Crippen LogP contribution >= 0.6 is 12.6 Å². The highest BCUT2D eigenvalue weighted by Gasteiger charge is 1.91. The predicted molar refractivity (Wildman–Crippen MR) is 67.2 cm³/mol. The topological polar surface area (TPSA) is 72.5 Å². The van der Waals surface area contributed by atoms with E-state index in [0.29, 0.717) is 0 Å². The molecule has 0 heterocycles. The normalized spacial score (nSPS) is 8.94. The van der Waals surface area contributed by atoms with E-state index >= 15 is 0 Å². The van der Waals surface area contributed by atoms with E-state index in [-0.39, 0.29) is 6.54 Å². The monoisotopic (exact) mass is 243 g/mol. The van der Waals surface area contributed by atoms with Crippen LogP contribution in [0.25, 0.3) is 0 Å². The van der Waals surface area contributed by atoms with Gasteiger partial charge in [-0.1, -0.05) is 12.1 Å². The minimum absolute atomic E-state index is 0.278. The molecule has 5 heteroatoms. The summed E-state index contributed by atoms with van der Waals surface area (Å²) in [5.74, 6) is 0.838. The molecule has 0 radical (unpaired) electrons. The molecule has 0 unspecified atom stereocenters. The number of thiol groups is 1. The maximum absolute atomic E-state index is 9.24. The third-order valence-corrected chi connectivity index (χ3v) is 1.96. The maximum atomic E-state index is 9.24. The molecule has 0 saturated heterocycles. The average Bonchev–Trinajstić information content (AvgIpc) is 2.31. The van der Waals surface area contributed by atoms with Gasteiger partial charge in [0.2, 0.25) is 0 Å². The fourth-order valence-corrected chi connectivity index (χ4v) is 1.18. The summed E-state index contributed by atoms with van der Waals surface area (Å²) in [6.07, 6.45) is 1.02. The Hall–Kier alpha value is -1.20. The molecular formula is C11H17NO3S. The molecule has 3 N–H and O–H groups in total. The lowest BCUT2D eigenvalue weighted by atomic mass is 10.2. The summed E-state index contributed by atoms with van der Waals surface area (Å²) in [6, 6.07) is 8.07. The van der Waals surface area contributed by atoms with Gasteiger partial charge in [0.15, 0.2) is 0 Å². The Morgan fingerprint density at radius 3 is 2.25 bits per heavy atom. The second-order valence-electron chi connectivity index (χ2n) is 2.92. The Labute approximate surface area is 101 Å². The Balaban J connectivity index is 0.000000385. The average molecular weight is 243 g/mol. The van der Waals surface area contributed by atoms with Gasteiger partial charge in [0, 0.05) is 0 Å². The van der Waals surface area contributed by atoms with Gasteiger partial charge in [0.1, 0.15) is 5.75 Å². The van der Waals surface area contributed by atoms with Crippen molar-refractivity contribution in [2.75, 3.05) is 19.4 Å². The Morgan fingerprint density at radius 2 is 1.94 bits per heavy atom. The Bertz CT molecular complexity index is 301. The van der Waals surface area contributed by atoms with Crippen molar-refractivity contribution in [2.24, 2.45) is 5.73 Å². The van der Waals surface area contributed by atoms with E-state index in [9.17, 15) is 4.79 Å². The second kappa shape index (κ2) is 9.06. The van der Waals surface area contributed by atoms with Crippen LogP contribution in [0.2, 0.25) is 0 Å². The lowest BCUT2D eigenvalue weighted by Gasteiger charge is -2.00. The van der Waals surface area contributed by atoms with Crippen LogP contribution in [0.1, 0.15) is 5.56 Å². The van der Waals surface area contributed by atoms with E-state index in [0.717, 1.165) is 17.9 Å². The van der Waals surface area contributed by atoms with Crippen molar-refractivity contribution in [1.29, 1.82) is 0 Å². The number of hydrogen-bond donors (Lipinski definition) is 3. The van der Waals surface area contributed by atoms with Crippen molar-refractivity contribution >= 4 is 18.6 Å². The van der Waals surface area contributed by atoms with Crippen LogP contribution in [0.5, 0.6) is 5.75 Å². The van der Waals surface area contributed by atoms with E-state index in [2.05, 4.69) is 30.5 Å². The minimum atomic E-state index is -0.968. The molecular weight excluding hydrogens is 226 g/mol. The molecule has 0 amide bonds. The molecule has 0 aliphatic heterocycles. The SMILES string of the molecule is COc1ccc(CCS)cc1.NCC(=O)O. The molecule has 90 valence electrons. The van der Waals surface area contributed by atoms with Crippen LogP contribution in [0.3, 0.4) is 0 Å². The Kier molecular flexibility index (Phi) is 8.38. The van der Waals surface area contributed by atoms with Gasteiger partial charge in [-0.3, -0.25) is 4.79 Å². The quantitative estimate of drug-likeness (QED) is 0.695. The summed E-state index contributed by atoms with van der Waals surface area (Å²) in [4.78, 5) is 9.24. The van der Waals surface area contributed by atoms with Crippen LogP contribution in [0, 0.1) is 0 Å².